The van der Waals surface area contributed by atoms with Crippen LogP contribution in [0.2, 0.25) is 0 Å². The molecule has 0 spiro atoms. The fraction of sp³-hybridized carbons (Fsp3) is 0.500. The van der Waals surface area contributed by atoms with E-state index in [1.807, 2.05) is 0 Å². The molecule has 1 aromatic carbocycles. The van der Waals surface area contributed by atoms with Crippen LogP contribution in [0.25, 0.3) is 0 Å². The molecule has 0 bridgehead atoms. The highest BCUT2D eigenvalue weighted by molar-refractivity contribution is 5.36. The van der Waals surface area contributed by atoms with Crippen LogP contribution in [-0.4, -0.2) is 34.7 Å². The van der Waals surface area contributed by atoms with Crippen LogP contribution in [0.15, 0.2) is 41.5 Å². The molecule has 1 aliphatic heterocycles. The second-order valence-electron chi connectivity index (χ2n) is 7.33. The Bertz CT molecular complexity index is 800. The van der Waals surface area contributed by atoms with Gasteiger partial charge in [0.05, 0.1) is 0 Å². The van der Waals surface area contributed by atoms with E-state index in [-0.39, 0.29) is 5.56 Å². The quantitative estimate of drug-likeness (QED) is 0.929. The van der Waals surface area contributed by atoms with Gasteiger partial charge in [-0.05, 0) is 43.2 Å². The number of aryl methyl sites for hydroxylation is 2. The molecule has 4 rings (SSSR count). The number of anilines is 1. The highest BCUT2D eigenvalue weighted by Gasteiger charge is 2.26. The van der Waals surface area contributed by atoms with Gasteiger partial charge in [-0.2, -0.15) is 0 Å². The Labute approximate surface area is 148 Å². The minimum absolute atomic E-state index is 0.00487. The minimum atomic E-state index is -0.00487. The molecule has 0 amide bonds. The Balaban J connectivity index is 1.42. The van der Waals surface area contributed by atoms with Gasteiger partial charge < -0.3 is 14.8 Å². The zero-order chi connectivity index (χ0) is 17.2. The molecular formula is C20H26N4O. The van der Waals surface area contributed by atoms with Crippen LogP contribution in [0.5, 0.6) is 0 Å². The smallest absolute Gasteiger partial charge is 0.293 e. The summed E-state index contributed by atoms with van der Waals surface area (Å²) in [5, 5.41) is 3.85. The first kappa shape index (κ1) is 16.3. The molecule has 1 saturated heterocycles. The van der Waals surface area contributed by atoms with Gasteiger partial charge in [-0.1, -0.05) is 24.3 Å². The third-order valence-electron chi connectivity index (χ3n) is 5.54. The van der Waals surface area contributed by atoms with Gasteiger partial charge >= 0.3 is 0 Å². The lowest BCUT2D eigenvalue weighted by Crippen LogP contribution is -2.51. The number of hydrogen-bond acceptors (Lipinski definition) is 4. The lowest BCUT2D eigenvalue weighted by molar-refractivity contribution is 0.350. The summed E-state index contributed by atoms with van der Waals surface area (Å²) in [7, 11) is 1.78. The molecule has 0 saturated carbocycles. The molecular weight excluding hydrogens is 312 g/mol. The molecule has 1 fully saturated rings. The number of piperidine rings is 1. The molecule has 5 heteroatoms. The third kappa shape index (κ3) is 3.47. The Kier molecular flexibility index (Phi) is 4.57. The Morgan fingerprint density at radius 1 is 1.16 bits per heavy atom. The number of aromatic nitrogens is 2. The van der Waals surface area contributed by atoms with E-state index in [0.717, 1.165) is 32.4 Å². The highest BCUT2D eigenvalue weighted by Crippen LogP contribution is 2.23. The molecule has 2 heterocycles. The summed E-state index contributed by atoms with van der Waals surface area (Å²) in [6, 6.07) is 9.75. The standard InChI is InChI=1S/C20H26N4O/c1-23-12-10-21-19(20(23)25)24-11-4-7-18(14-24)22-17-9-8-15-5-2-3-6-16(15)13-17/h2-3,5-6,10,12,17-18,22H,4,7-9,11,13-14H2,1H3/t17-,18-/m0/s1. The van der Waals surface area contributed by atoms with Crippen molar-refractivity contribution in [3.8, 4) is 0 Å². The van der Waals surface area contributed by atoms with Gasteiger partial charge in [0, 0.05) is 44.6 Å². The normalized spacial score (nSPS) is 23.3. The average molecular weight is 338 g/mol. The van der Waals surface area contributed by atoms with Crippen LogP contribution in [0.3, 0.4) is 0 Å². The summed E-state index contributed by atoms with van der Waals surface area (Å²) in [6.07, 6.45) is 9.15. The second-order valence-corrected chi connectivity index (χ2v) is 7.33. The number of nitrogens with zero attached hydrogens (tertiary/aromatic N) is 3. The van der Waals surface area contributed by atoms with Crippen molar-refractivity contribution in [2.45, 2.75) is 44.2 Å². The topological polar surface area (TPSA) is 50.2 Å². The van der Waals surface area contributed by atoms with Crippen LogP contribution in [0.4, 0.5) is 5.82 Å². The maximum Gasteiger partial charge on any atom is 0.293 e. The summed E-state index contributed by atoms with van der Waals surface area (Å²) >= 11 is 0. The van der Waals surface area contributed by atoms with E-state index in [1.165, 1.54) is 24.0 Å². The first-order valence-corrected chi connectivity index (χ1v) is 9.30. The summed E-state index contributed by atoms with van der Waals surface area (Å²) in [6.45, 7) is 1.78. The van der Waals surface area contributed by atoms with Crippen molar-refractivity contribution >= 4 is 5.82 Å². The van der Waals surface area contributed by atoms with E-state index in [9.17, 15) is 4.79 Å². The van der Waals surface area contributed by atoms with Crippen molar-refractivity contribution in [1.29, 1.82) is 0 Å². The fourth-order valence-electron chi connectivity index (χ4n) is 4.18. The molecule has 5 nitrogen and oxygen atoms in total. The van der Waals surface area contributed by atoms with Gasteiger partial charge in [-0.15, -0.1) is 0 Å². The Hall–Kier alpha value is -2.14. The van der Waals surface area contributed by atoms with E-state index >= 15 is 0 Å². The minimum Gasteiger partial charge on any atom is -0.350 e. The van der Waals surface area contributed by atoms with Crippen molar-refractivity contribution < 1.29 is 0 Å². The van der Waals surface area contributed by atoms with E-state index in [4.69, 9.17) is 0 Å². The van der Waals surface area contributed by atoms with Crippen molar-refractivity contribution in [2.75, 3.05) is 18.0 Å². The molecule has 2 atom stereocenters. The number of rotatable bonds is 3. The van der Waals surface area contributed by atoms with Gasteiger partial charge in [0.2, 0.25) is 0 Å². The Morgan fingerprint density at radius 2 is 2.00 bits per heavy atom. The zero-order valence-corrected chi connectivity index (χ0v) is 14.8. The van der Waals surface area contributed by atoms with Gasteiger partial charge in [0.15, 0.2) is 5.82 Å². The average Bonchev–Trinajstić information content (AvgIpc) is 2.64. The fourth-order valence-corrected chi connectivity index (χ4v) is 4.18. The summed E-state index contributed by atoms with van der Waals surface area (Å²) in [5.41, 5.74) is 2.98. The van der Waals surface area contributed by atoms with Crippen LogP contribution in [-0.2, 0) is 19.9 Å². The predicted octanol–water partition coefficient (Wildman–Crippen LogP) is 1.90. The number of benzene rings is 1. The molecule has 0 radical (unpaired) electrons. The van der Waals surface area contributed by atoms with Crippen molar-refractivity contribution in [1.82, 2.24) is 14.9 Å². The van der Waals surface area contributed by atoms with E-state index in [2.05, 4.69) is 39.5 Å². The van der Waals surface area contributed by atoms with Crippen LogP contribution >= 0.6 is 0 Å². The van der Waals surface area contributed by atoms with Crippen molar-refractivity contribution in [2.24, 2.45) is 7.05 Å². The largest absolute Gasteiger partial charge is 0.350 e. The highest BCUT2D eigenvalue weighted by atomic mass is 16.1. The predicted molar refractivity (Wildman–Crippen MR) is 100 cm³/mol. The first-order valence-electron chi connectivity index (χ1n) is 9.30. The zero-order valence-electron chi connectivity index (χ0n) is 14.8. The lowest BCUT2D eigenvalue weighted by Gasteiger charge is -2.37. The van der Waals surface area contributed by atoms with Crippen LogP contribution in [0.1, 0.15) is 30.4 Å². The van der Waals surface area contributed by atoms with E-state index in [0.29, 0.717) is 17.9 Å². The molecule has 25 heavy (non-hydrogen) atoms. The summed E-state index contributed by atoms with van der Waals surface area (Å²) in [5.74, 6) is 0.588. The molecule has 0 unspecified atom stereocenters. The van der Waals surface area contributed by atoms with Crippen LogP contribution < -0.4 is 15.8 Å². The molecule has 2 aliphatic rings. The van der Waals surface area contributed by atoms with E-state index in [1.54, 1.807) is 24.0 Å². The lowest BCUT2D eigenvalue weighted by atomic mass is 9.87. The monoisotopic (exact) mass is 338 g/mol. The third-order valence-corrected chi connectivity index (χ3v) is 5.54. The number of fused-ring (bicyclic) bond motifs is 1. The number of hydrogen-bond donors (Lipinski definition) is 1. The Morgan fingerprint density at radius 3 is 2.88 bits per heavy atom. The SMILES string of the molecule is Cn1ccnc(N2CCC[C@H](N[C@H]3CCc4ccccc4C3)C2)c1=O. The molecule has 1 aromatic heterocycles. The molecule has 1 aliphatic carbocycles. The van der Waals surface area contributed by atoms with Gasteiger partial charge in [0.25, 0.3) is 5.56 Å². The summed E-state index contributed by atoms with van der Waals surface area (Å²) in [4.78, 5) is 18.8. The van der Waals surface area contributed by atoms with Gasteiger partial charge in [-0.3, -0.25) is 4.79 Å². The maximum atomic E-state index is 12.3. The number of nitrogens with one attached hydrogen (secondary N) is 1. The van der Waals surface area contributed by atoms with Crippen LogP contribution in [0, 0.1) is 0 Å². The summed E-state index contributed by atoms with van der Waals surface area (Å²) < 4.78 is 1.61. The van der Waals surface area contributed by atoms with Crippen molar-refractivity contribution in [3.63, 3.8) is 0 Å². The van der Waals surface area contributed by atoms with Gasteiger partial charge in [0.1, 0.15) is 0 Å². The molecule has 2 aromatic rings. The van der Waals surface area contributed by atoms with Gasteiger partial charge in [-0.25, -0.2) is 4.98 Å². The van der Waals surface area contributed by atoms with E-state index < -0.39 is 0 Å². The molecule has 1 N–H and O–H groups in total. The first-order chi connectivity index (χ1) is 12.2. The van der Waals surface area contributed by atoms with Crippen molar-refractivity contribution in [3.05, 3.63) is 58.1 Å². The second kappa shape index (κ2) is 7.00. The molecule has 132 valence electrons. The maximum absolute atomic E-state index is 12.3.